The zero-order chi connectivity index (χ0) is 24.4. The van der Waals surface area contributed by atoms with Crippen LogP contribution < -0.4 is 0 Å². The van der Waals surface area contributed by atoms with E-state index in [0.29, 0.717) is 13.0 Å². The number of carbonyl (C=O) groups is 1. The third kappa shape index (κ3) is 3.57. The van der Waals surface area contributed by atoms with Crippen molar-refractivity contribution >= 4 is 6.03 Å². The zero-order valence-electron chi connectivity index (χ0n) is 21.5. The molecule has 1 N–H and O–H groups in total. The van der Waals surface area contributed by atoms with Crippen LogP contribution in [0.1, 0.15) is 70.6 Å². The van der Waals surface area contributed by atoms with E-state index >= 15 is 0 Å². The lowest BCUT2D eigenvalue weighted by atomic mass is 9.51. The van der Waals surface area contributed by atoms with Gasteiger partial charge in [0.25, 0.3) is 0 Å². The van der Waals surface area contributed by atoms with E-state index in [1.165, 1.54) is 16.7 Å². The molecular weight excluding hydrogens is 420 g/mol. The van der Waals surface area contributed by atoms with E-state index in [9.17, 15) is 9.90 Å². The number of likely N-dealkylation sites (tertiary alicyclic amines) is 2. The number of fused-ring (bicyclic) bond motifs is 4. The van der Waals surface area contributed by atoms with Gasteiger partial charge in [-0.1, -0.05) is 75.4 Å². The Morgan fingerprint density at radius 2 is 1.68 bits per heavy atom. The first-order valence-corrected chi connectivity index (χ1v) is 12.9. The second-order valence-electron chi connectivity index (χ2n) is 12.5. The normalized spacial score (nSPS) is 30.2. The van der Waals surface area contributed by atoms with Crippen LogP contribution in [0.25, 0.3) is 0 Å². The molecule has 5 rings (SSSR count). The number of nitrogens with zero attached hydrogens (tertiary/aromatic N) is 2. The number of rotatable bonds is 3. The maximum Gasteiger partial charge on any atom is 0.320 e. The molecule has 2 aromatic rings. The zero-order valence-corrected chi connectivity index (χ0v) is 21.5. The summed E-state index contributed by atoms with van der Waals surface area (Å²) in [6.45, 7) is 13.1. The molecule has 34 heavy (non-hydrogen) atoms. The van der Waals surface area contributed by atoms with Gasteiger partial charge in [0, 0.05) is 36.5 Å². The molecule has 2 heterocycles. The standard InChI is InChI=1S/C30H40N2O2/c1-27(2,34)20-30(23-12-7-6-8-13-23)16-17-31(21-30)26(33)32-18-15-29(5)24-14-10-9-11-22(24)19-25(32)28(29,3)4/h6-14,25,34H,15-21H2,1-5H3/t25-,29+,30?/m1/s1. The van der Waals surface area contributed by atoms with Crippen LogP contribution >= 0.6 is 0 Å². The molecule has 0 saturated carbocycles. The average molecular weight is 461 g/mol. The molecule has 2 bridgehead atoms. The van der Waals surface area contributed by atoms with E-state index in [1.54, 1.807) is 0 Å². The Balaban J connectivity index is 1.44. The molecule has 182 valence electrons. The van der Waals surface area contributed by atoms with Gasteiger partial charge in [-0.25, -0.2) is 4.79 Å². The molecule has 1 unspecified atom stereocenters. The molecule has 0 aromatic heterocycles. The highest BCUT2D eigenvalue weighted by molar-refractivity contribution is 5.76. The van der Waals surface area contributed by atoms with Gasteiger partial charge in [0.05, 0.1) is 5.60 Å². The number of benzene rings is 2. The molecule has 2 aliphatic heterocycles. The molecule has 2 fully saturated rings. The summed E-state index contributed by atoms with van der Waals surface area (Å²) >= 11 is 0. The highest BCUT2D eigenvalue weighted by atomic mass is 16.3. The molecule has 0 spiro atoms. The van der Waals surface area contributed by atoms with Crippen molar-refractivity contribution in [1.29, 1.82) is 0 Å². The van der Waals surface area contributed by atoms with Crippen LogP contribution in [0.2, 0.25) is 0 Å². The van der Waals surface area contributed by atoms with Crippen molar-refractivity contribution in [3.8, 4) is 0 Å². The first-order valence-electron chi connectivity index (χ1n) is 12.9. The van der Waals surface area contributed by atoms with E-state index in [1.807, 2.05) is 19.9 Å². The van der Waals surface area contributed by atoms with E-state index in [2.05, 4.69) is 79.1 Å². The van der Waals surface area contributed by atoms with Crippen LogP contribution in [-0.2, 0) is 17.3 Å². The summed E-state index contributed by atoms with van der Waals surface area (Å²) in [7, 11) is 0. The summed E-state index contributed by atoms with van der Waals surface area (Å²) < 4.78 is 0. The van der Waals surface area contributed by atoms with Crippen LogP contribution in [0.3, 0.4) is 0 Å². The van der Waals surface area contributed by atoms with Gasteiger partial charge in [-0.15, -0.1) is 0 Å². The molecule has 3 atom stereocenters. The summed E-state index contributed by atoms with van der Waals surface area (Å²) in [5.74, 6) is 0. The van der Waals surface area contributed by atoms with Gasteiger partial charge in [0.2, 0.25) is 0 Å². The van der Waals surface area contributed by atoms with Gasteiger partial charge in [0.1, 0.15) is 0 Å². The van der Waals surface area contributed by atoms with Crippen molar-refractivity contribution in [1.82, 2.24) is 9.80 Å². The van der Waals surface area contributed by atoms with Crippen molar-refractivity contribution in [2.45, 2.75) is 82.8 Å². The maximum absolute atomic E-state index is 14.1. The number of urea groups is 1. The Kier molecular flexibility index (Phi) is 5.40. The molecule has 2 amide bonds. The summed E-state index contributed by atoms with van der Waals surface area (Å²) in [6, 6.07) is 19.7. The Morgan fingerprint density at radius 1 is 1.00 bits per heavy atom. The lowest BCUT2D eigenvalue weighted by Crippen LogP contribution is -2.66. The highest BCUT2D eigenvalue weighted by Crippen LogP contribution is 2.56. The van der Waals surface area contributed by atoms with E-state index in [-0.39, 0.29) is 28.3 Å². The minimum Gasteiger partial charge on any atom is -0.390 e. The quantitative estimate of drug-likeness (QED) is 0.655. The maximum atomic E-state index is 14.1. The van der Waals surface area contributed by atoms with Gasteiger partial charge in [0.15, 0.2) is 0 Å². The molecule has 3 aliphatic rings. The number of aliphatic hydroxyl groups is 1. The topological polar surface area (TPSA) is 43.8 Å². The lowest BCUT2D eigenvalue weighted by molar-refractivity contribution is -0.0227. The van der Waals surface area contributed by atoms with Crippen molar-refractivity contribution < 1.29 is 9.90 Å². The van der Waals surface area contributed by atoms with Gasteiger partial charge in [-0.3, -0.25) is 0 Å². The van der Waals surface area contributed by atoms with Gasteiger partial charge in [-0.05, 0) is 61.6 Å². The van der Waals surface area contributed by atoms with Crippen LogP contribution in [0.15, 0.2) is 54.6 Å². The van der Waals surface area contributed by atoms with Gasteiger partial charge >= 0.3 is 6.03 Å². The SMILES string of the molecule is CC(C)(O)CC1(c2ccccc2)CCN(C(=O)N2CC[C@@]3(C)c4ccccc4C[C@@H]2C3(C)C)C1. The Morgan fingerprint density at radius 3 is 2.38 bits per heavy atom. The highest BCUT2D eigenvalue weighted by Gasteiger charge is 2.57. The summed E-state index contributed by atoms with van der Waals surface area (Å²) in [4.78, 5) is 18.3. The average Bonchev–Trinajstić information content (AvgIpc) is 3.20. The largest absolute Gasteiger partial charge is 0.390 e. The number of hydrogen-bond donors (Lipinski definition) is 1. The Hall–Kier alpha value is -2.33. The monoisotopic (exact) mass is 460 g/mol. The summed E-state index contributed by atoms with van der Waals surface area (Å²) in [5, 5.41) is 10.8. The minimum absolute atomic E-state index is 0.00139. The number of hydrogen-bond acceptors (Lipinski definition) is 2. The molecular formula is C30H40N2O2. The van der Waals surface area contributed by atoms with Crippen LogP contribution in [0.4, 0.5) is 4.79 Å². The number of carbonyl (C=O) groups excluding carboxylic acids is 1. The second-order valence-corrected chi connectivity index (χ2v) is 12.5. The van der Waals surface area contributed by atoms with Crippen LogP contribution in [0, 0.1) is 5.41 Å². The van der Waals surface area contributed by atoms with Crippen molar-refractivity contribution in [3.05, 3.63) is 71.3 Å². The smallest absolute Gasteiger partial charge is 0.320 e. The van der Waals surface area contributed by atoms with Crippen LogP contribution in [0.5, 0.6) is 0 Å². The van der Waals surface area contributed by atoms with Crippen LogP contribution in [-0.4, -0.2) is 52.2 Å². The van der Waals surface area contributed by atoms with E-state index in [4.69, 9.17) is 0 Å². The Bertz CT molecular complexity index is 1070. The number of piperidine rings is 1. The van der Waals surface area contributed by atoms with Gasteiger partial charge in [-0.2, -0.15) is 0 Å². The third-order valence-electron chi connectivity index (χ3n) is 9.54. The van der Waals surface area contributed by atoms with Crippen molar-refractivity contribution in [3.63, 3.8) is 0 Å². The predicted molar refractivity (Wildman–Crippen MR) is 137 cm³/mol. The second kappa shape index (κ2) is 7.84. The number of amides is 2. The molecule has 0 radical (unpaired) electrons. The first-order chi connectivity index (χ1) is 16.0. The Labute approximate surface area is 205 Å². The molecule has 4 nitrogen and oxygen atoms in total. The molecule has 2 saturated heterocycles. The fourth-order valence-corrected chi connectivity index (χ4v) is 7.42. The molecule has 2 aromatic carbocycles. The van der Waals surface area contributed by atoms with Crippen molar-refractivity contribution in [2.24, 2.45) is 5.41 Å². The van der Waals surface area contributed by atoms with Gasteiger partial charge < -0.3 is 14.9 Å². The van der Waals surface area contributed by atoms with E-state index in [0.717, 1.165) is 32.4 Å². The van der Waals surface area contributed by atoms with E-state index < -0.39 is 5.60 Å². The lowest BCUT2D eigenvalue weighted by Gasteiger charge is -2.61. The summed E-state index contributed by atoms with van der Waals surface area (Å²) in [5.41, 5.74) is 3.16. The fourth-order valence-electron chi connectivity index (χ4n) is 7.42. The van der Waals surface area contributed by atoms with Crippen molar-refractivity contribution in [2.75, 3.05) is 19.6 Å². The molecule has 1 aliphatic carbocycles. The minimum atomic E-state index is -0.795. The first kappa shape index (κ1) is 23.4. The summed E-state index contributed by atoms with van der Waals surface area (Å²) in [6.07, 6.45) is 3.44. The molecule has 4 heteroatoms. The predicted octanol–water partition coefficient (Wildman–Crippen LogP) is 5.53. The fraction of sp³-hybridized carbons (Fsp3) is 0.567. The third-order valence-corrected chi connectivity index (χ3v) is 9.54.